The molecule has 2 saturated heterocycles. The summed E-state index contributed by atoms with van der Waals surface area (Å²) < 4.78 is 19.1. The minimum Gasteiger partial charge on any atom is -0.460 e. The van der Waals surface area contributed by atoms with Crippen LogP contribution in [-0.4, -0.2) is 53.0 Å². The van der Waals surface area contributed by atoms with E-state index in [0.29, 0.717) is 31.1 Å². The first-order valence-electron chi connectivity index (χ1n) is 14.2. The van der Waals surface area contributed by atoms with Gasteiger partial charge in [0.15, 0.2) is 0 Å². The van der Waals surface area contributed by atoms with Gasteiger partial charge in [0.2, 0.25) is 0 Å². The van der Waals surface area contributed by atoms with E-state index < -0.39 is 0 Å². The number of nitrogens with zero attached hydrogens (tertiary/aromatic N) is 2. The number of hydrogen-bond donors (Lipinski definition) is 1. The van der Waals surface area contributed by atoms with E-state index >= 15 is 0 Å². The molecular weight excluding hydrogens is 494 g/mol. The summed E-state index contributed by atoms with van der Waals surface area (Å²) in [7, 11) is 0. The third-order valence-electron chi connectivity index (χ3n) is 8.16. The molecule has 2 aliphatic rings. The molecule has 0 amide bonds. The van der Waals surface area contributed by atoms with Gasteiger partial charge < -0.3 is 23.8 Å². The minimum absolute atomic E-state index is 0.0829. The normalized spacial score (nSPS) is 19.4. The maximum atomic E-state index is 13.1. The number of rotatable bonds is 8. The summed E-state index contributed by atoms with van der Waals surface area (Å²) in [5.41, 5.74) is 4.44. The van der Waals surface area contributed by atoms with Crippen LogP contribution in [0.5, 0.6) is 0 Å². The van der Waals surface area contributed by atoms with E-state index in [9.17, 15) is 9.59 Å². The number of imidazole rings is 1. The number of pyridine rings is 1. The summed E-state index contributed by atoms with van der Waals surface area (Å²) in [6, 6.07) is 8.37. The molecule has 3 aromatic rings. The fourth-order valence-electron chi connectivity index (χ4n) is 5.72. The standard InChI is InChI=1S/C31H41N3O5/c1-20-15-23(17-32-29(20)35)28-33-26-16-21(6-8-27(26)34(28)18-22-9-12-37-13-10-22)5-7-25(31(2,3)4)30(36)39-24-11-14-38-19-24/h6,8,15-17,22,24-25H,5,7,9-14,18-19H2,1-4H3,(H,32,35)/t24?,25-/m1/s1. The van der Waals surface area contributed by atoms with Crippen LogP contribution in [0.1, 0.15) is 57.6 Å². The Morgan fingerprint density at radius 1 is 1.15 bits per heavy atom. The first-order chi connectivity index (χ1) is 18.7. The number of benzene rings is 1. The highest BCUT2D eigenvalue weighted by Crippen LogP contribution is 2.33. The van der Waals surface area contributed by atoms with Crippen molar-refractivity contribution in [2.24, 2.45) is 17.3 Å². The molecule has 0 spiro atoms. The molecule has 5 rings (SSSR count). The number of aromatic nitrogens is 3. The van der Waals surface area contributed by atoms with Gasteiger partial charge in [0, 0.05) is 43.5 Å². The van der Waals surface area contributed by atoms with Gasteiger partial charge in [-0.2, -0.15) is 0 Å². The van der Waals surface area contributed by atoms with Crippen molar-refractivity contribution in [2.75, 3.05) is 26.4 Å². The quantitative estimate of drug-likeness (QED) is 0.406. The number of ether oxygens (including phenoxy) is 3. The molecule has 1 unspecified atom stereocenters. The molecule has 0 saturated carbocycles. The van der Waals surface area contributed by atoms with Crippen molar-refractivity contribution < 1.29 is 19.0 Å². The van der Waals surface area contributed by atoms with Gasteiger partial charge in [0.05, 0.1) is 30.2 Å². The van der Waals surface area contributed by atoms with Crippen molar-refractivity contribution in [3.05, 3.63) is 51.9 Å². The Hall–Kier alpha value is -2.97. The molecule has 0 bridgehead atoms. The molecule has 4 heterocycles. The predicted molar refractivity (Wildman–Crippen MR) is 151 cm³/mol. The first-order valence-corrected chi connectivity index (χ1v) is 14.2. The maximum absolute atomic E-state index is 13.1. The number of hydrogen-bond acceptors (Lipinski definition) is 6. The monoisotopic (exact) mass is 535 g/mol. The van der Waals surface area contributed by atoms with Gasteiger partial charge in [-0.15, -0.1) is 0 Å². The lowest BCUT2D eigenvalue weighted by Crippen LogP contribution is -2.33. The van der Waals surface area contributed by atoms with Crippen LogP contribution < -0.4 is 5.56 Å². The second-order valence-electron chi connectivity index (χ2n) is 12.2. The summed E-state index contributed by atoms with van der Waals surface area (Å²) in [6.07, 6.45) is 5.91. The Balaban J connectivity index is 1.41. The largest absolute Gasteiger partial charge is 0.460 e. The second-order valence-corrected chi connectivity index (χ2v) is 12.2. The number of fused-ring (bicyclic) bond motifs is 1. The fourth-order valence-corrected chi connectivity index (χ4v) is 5.72. The van der Waals surface area contributed by atoms with Gasteiger partial charge in [-0.3, -0.25) is 9.59 Å². The third-order valence-corrected chi connectivity index (χ3v) is 8.16. The molecule has 8 heteroatoms. The van der Waals surface area contributed by atoms with Gasteiger partial charge in [0.1, 0.15) is 11.9 Å². The molecule has 2 atom stereocenters. The van der Waals surface area contributed by atoms with Gasteiger partial charge in [-0.05, 0) is 67.7 Å². The highest BCUT2D eigenvalue weighted by Gasteiger charge is 2.34. The van der Waals surface area contributed by atoms with E-state index in [0.717, 1.165) is 73.4 Å². The lowest BCUT2D eigenvalue weighted by atomic mass is 9.77. The molecule has 0 radical (unpaired) electrons. The van der Waals surface area contributed by atoms with Crippen molar-refractivity contribution in [3.63, 3.8) is 0 Å². The molecule has 2 aromatic heterocycles. The topological polar surface area (TPSA) is 95.4 Å². The van der Waals surface area contributed by atoms with Crippen molar-refractivity contribution in [1.29, 1.82) is 0 Å². The molecule has 0 aliphatic carbocycles. The van der Waals surface area contributed by atoms with Gasteiger partial charge in [-0.1, -0.05) is 26.8 Å². The van der Waals surface area contributed by atoms with Crippen molar-refractivity contribution >= 4 is 17.0 Å². The summed E-state index contributed by atoms with van der Waals surface area (Å²) in [4.78, 5) is 33.0. The molecule has 210 valence electrons. The lowest BCUT2D eigenvalue weighted by molar-refractivity contribution is -0.158. The summed E-state index contributed by atoms with van der Waals surface area (Å²) in [6.45, 7) is 11.7. The average Bonchev–Trinajstić information content (AvgIpc) is 3.53. The summed E-state index contributed by atoms with van der Waals surface area (Å²) >= 11 is 0. The van der Waals surface area contributed by atoms with Crippen LogP contribution in [0.3, 0.4) is 0 Å². The van der Waals surface area contributed by atoms with Crippen LogP contribution in [0.4, 0.5) is 0 Å². The Morgan fingerprint density at radius 3 is 2.62 bits per heavy atom. The van der Waals surface area contributed by atoms with E-state index in [2.05, 4.69) is 48.5 Å². The van der Waals surface area contributed by atoms with E-state index in [-0.39, 0.29) is 29.0 Å². The SMILES string of the molecule is Cc1cc(-c2nc3cc(CC[C@H](C(=O)OC4CCOC4)C(C)(C)C)ccc3n2CC2CCOCC2)c[nH]c1=O. The average molecular weight is 536 g/mol. The Morgan fingerprint density at radius 2 is 1.92 bits per heavy atom. The van der Waals surface area contributed by atoms with Crippen LogP contribution in [0.2, 0.25) is 0 Å². The first kappa shape index (κ1) is 27.6. The zero-order chi connectivity index (χ0) is 27.6. The number of H-pyrrole nitrogens is 1. The lowest BCUT2D eigenvalue weighted by Gasteiger charge is -2.30. The third kappa shape index (κ3) is 6.44. The highest BCUT2D eigenvalue weighted by molar-refractivity contribution is 5.81. The Labute approximate surface area is 230 Å². The fraction of sp³-hybridized carbons (Fsp3) is 0.581. The predicted octanol–water partition coefficient (Wildman–Crippen LogP) is 5.05. The number of esters is 1. The van der Waals surface area contributed by atoms with Gasteiger partial charge >= 0.3 is 5.97 Å². The van der Waals surface area contributed by atoms with Crippen LogP contribution in [0, 0.1) is 24.2 Å². The molecule has 1 N–H and O–H groups in total. The number of nitrogens with one attached hydrogen (secondary N) is 1. The van der Waals surface area contributed by atoms with Crippen LogP contribution >= 0.6 is 0 Å². The van der Waals surface area contributed by atoms with Crippen LogP contribution in [0.25, 0.3) is 22.4 Å². The zero-order valence-electron chi connectivity index (χ0n) is 23.6. The Kier molecular flexibility index (Phi) is 8.24. The molecule has 2 aliphatic heterocycles. The van der Waals surface area contributed by atoms with Crippen molar-refractivity contribution in [3.8, 4) is 11.4 Å². The summed E-state index contributed by atoms with van der Waals surface area (Å²) in [5, 5.41) is 0. The number of carbonyl (C=O) groups excluding carboxylic acids is 1. The second kappa shape index (κ2) is 11.6. The molecule has 1 aromatic carbocycles. The van der Waals surface area contributed by atoms with Crippen LogP contribution in [-0.2, 0) is 32.0 Å². The van der Waals surface area contributed by atoms with E-state index in [1.54, 1.807) is 6.20 Å². The minimum atomic E-state index is -0.209. The number of aryl methyl sites for hydroxylation is 2. The van der Waals surface area contributed by atoms with E-state index in [1.807, 2.05) is 13.0 Å². The van der Waals surface area contributed by atoms with Crippen molar-refractivity contribution in [2.45, 2.75) is 72.4 Å². The maximum Gasteiger partial charge on any atom is 0.309 e. The van der Waals surface area contributed by atoms with Gasteiger partial charge in [-0.25, -0.2) is 4.98 Å². The van der Waals surface area contributed by atoms with Crippen molar-refractivity contribution in [1.82, 2.24) is 14.5 Å². The van der Waals surface area contributed by atoms with E-state index in [4.69, 9.17) is 19.2 Å². The van der Waals surface area contributed by atoms with Crippen LogP contribution in [0.15, 0.2) is 35.3 Å². The molecule has 39 heavy (non-hydrogen) atoms. The zero-order valence-corrected chi connectivity index (χ0v) is 23.6. The summed E-state index contributed by atoms with van der Waals surface area (Å²) in [5.74, 6) is 1.04. The Bertz CT molecular complexity index is 1360. The highest BCUT2D eigenvalue weighted by atomic mass is 16.6. The molecular formula is C31H41N3O5. The smallest absolute Gasteiger partial charge is 0.309 e. The molecule has 2 fully saturated rings. The van der Waals surface area contributed by atoms with E-state index in [1.165, 1.54) is 0 Å². The number of carbonyl (C=O) groups is 1. The molecule has 8 nitrogen and oxygen atoms in total. The van der Waals surface area contributed by atoms with Gasteiger partial charge in [0.25, 0.3) is 5.56 Å². The number of aromatic amines is 1.